The molecule has 0 bridgehead atoms. The molecule has 0 unspecified atom stereocenters. The van der Waals surface area contributed by atoms with Gasteiger partial charge < -0.3 is 38.9 Å². The Hall–Kier alpha value is -3.43. The summed E-state index contributed by atoms with van der Waals surface area (Å²) in [5.41, 5.74) is 1.54. The van der Waals surface area contributed by atoms with Gasteiger partial charge in [-0.2, -0.15) is 0 Å². The fourth-order valence-corrected chi connectivity index (χ4v) is 4.79. The molecule has 2 aromatic carbocycles. The minimum Gasteiger partial charge on any atom is -0.545 e. The molecule has 11 heteroatoms. The van der Waals surface area contributed by atoms with Gasteiger partial charge in [0, 0.05) is 24.2 Å². The molecular formula is C25H23Cl2NO8-2. The van der Waals surface area contributed by atoms with E-state index in [-0.39, 0.29) is 39.3 Å². The van der Waals surface area contributed by atoms with E-state index in [4.69, 9.17) is 37.4 Å². The number of carbonyl (C=O) groups excluding carboxylic acids is 3. The molecule has 0 aliphatic carbocycles. The van der Waals surface area contributed by atoms with Crippen LogP contribution >= 0.6 is 23.2 Å². The SMILES string of the molecule is CCOC(=O)N1CCC(=C(c2cc(Cl)c(OC)c(C(=O)[O-])c2)c2cc(Cl)c(OC)c(C(=O)[O-])c2)CC1. The zero-order valence-electron chi connectivity index (χ0n) is 19.8. The fourth-order valence-electron chi connectivity index (χ4n) is 4.19. The maximum Gasteiger partial charge on any atom is 0.409 e. The Labute approximate surface area is 217 Å². The van der Waals surface area contributed by atoms with E-state index in [0.717, 1.165) is 5.57 Å². The lowest BCUT2D eigenvalue weighted by atomic mass is 9.87. The number of hydrogen-bond donors (Lipinski definition) is 0. The van der Waals surface area contributed by atoms with Gasteiger partial charge in [0.05, 0.1) is 42.8 Å². The number of ether oxygens (including phenoxy) is 3. The fraction of sp³-hybridized carbons (Fsp3) is 0.320. The molecule has 9 nitrogen and oxygen atoms in total. The average molecular weight is 536 g/mol. The van der Waals surface area contributed by atoms with Crippen LogP contribution in [-0.2, 0) is 4.74 Å². The zero-order valence-corrected chi connectivity index (χ0v) is 21.3. The van der Waals surface area contributed by atoms with E-state index in [0.29, 0.717) is 42.6 Å². The van der Waals surface area contributed by atoms with E-state index in [1.807, 2.05) is 0 Å². The molecule has 2 aromatic rings. The molecule has 1 heterocycles. The number of carboxylic acids is 2. The van der Waals surface area contributed by atoms with E-state index in [1.165, 1.54) is 38.5 Å². The number of piperidine rings is 1. The summed E-state index contributed by atoms with van der Waals surface area (Å²) < 4.78 is 15.3. The minimum absolute atomic E-state index is 0.0241. The topological polar surface area (TPSA) is 128 Å². The first-order valence-electron chi connectivity index (χ1n) is 10.9. The van der Waals surface area contributed by atoms with Crippen molar-refractivity contribution in [2.24, 2.45) is 0 Å². The lowest BCUT2D eigenvalue weighted by molar-refractivity contribution is -0.256. The number of likely N-dealkylation sites (tertiary alicyclic amines) is 1. The molecule has 0 N–H and O–H groups in total. The molecule has 36 heavy (non-hydrogen) atoms. The lowest BCUT2D eigenvalue weighted by Gasteiger charge is -2.30. The predicted molar refractivity (Wildman–Crippen MR) is 129 cm³/mol. The third-order valence-electron chi connectivity index (χ3n) is 5.76. The average Bonchev–Trinajstić information content (AvgIpc) is 2.84. The molecule has 1 aliphatic heterocycles. The summed E-state index contributed by atoms with van der Waals surface area (Å²) in [5, 5.41) is 23.7. The third kappa shape index (κ3) is 5.52. The van der Waals surface area contributed by atoms with Crippen molar-refractivity contribution < 1.29 is 38.8 Å². The number of rotatable bonds is 7. The van der Waals surface area contributed by atoms with Gasteiger partial charge in [-0.05, 0) is 60.7 Å². The van der Waals surface area contributed by atoms with Gasteiger partial charge in [-0.25, -0.2) is 4.79 Å². The molecule has 0 spiro atoms. The number of aromatic carboxylic acids is 2. The Morgan fingerprint density at radius 2 is 1.31 bits per heavy atom. The van der Waals surface area contributed by atoms with Gasteiger partial charge in [-0.3, -0.25) is 0 Å². The molecule has 1 fully saturated rings. The third-order valence-corrected chi connectivity index (χ3v) is 6.32. The number of benzene rings is 2. The number of methoxy groups -OCH3 is 2. The van der Waals surface area contributed by atoms with Gasteiger partial charge in [-0.15, -0.1) is 0 Å². The number of hydrogen-bond acceptors (Lipinski definition) is 8. The van der Waals surface area contributed by atoms with Gasteiger partial charge in [0.15, 0.2) is 0 Å². The summed E-state index contributed by atoms with van der Waals surface area (Å²) in [5.74, 6) is -3.13. The molecule has 0 radical (unpaired) electrons. The Morgan fingerprint density at radius 1 is 0.861 bits per heavy atom. The molecule has 1 amide bonds. The van der Waals surface area contributed by atoms with Crippen molar-refractivity contribution in [2.75, 3.05) is 33.9 Å². The highest BCUT2D eigenvalue weighted by atomic mass is 35.5. The van der Waals surface area contributed by atoms with Gasteiger partial charge in [0.25, 0.3) is 0 Å². The van der Waals surface area contributed by atoms with Gasteiger partial charge in [0.1, 0.15) is 11.5 Å². The highest BCUT2D eigenvalue weighted by Gasteiger charge is 2.25. The van der Waals surface area contributed by atoms with Crippen LogP contribution in [0.4, 0.5) is 4.79 Å². The molecular weight excluding hydrogens is 513 g/mol. The Balaban J connectivity index is 2.25. The first kappa shape index (κ1) is 27.2. The highest BCUT2D eigenvalue weighted by molar-refractivity contribution is 6.33. The summed E-state index contributed by atoms with van der Waals surface area (Å²) in [6, 6.07) is 5.72. The van der Waals surface area contributed by atoms with Crippen molar-refractivity contribution in [2.45, 2.75) is 19.8 Å². The first-order valence-corrected chi connectivity index (χ1v) is 11.7. The maximum absolute atomic E-state index is 12.2. The molecule has 1 aliphatic rings. The van der Waals surface area contributed by atoms with Crippen molar-refractivity contribution in [3.63, 3.8) is 0 Å². The highest BCUT2D eigenvalue weighted by Crippen LogP contribution is 2.41. The first-order chi connectivity index (χ1) is 17.1. The van der Waals surface area contributed by atoms with Gasteiger partial charge >= 0.3 is 6.09 Å². The van der Waals surface area contributed by atoms with Crippen LogP contribution in [0.15, 0.2) is 29.8 Å². The Kier molecular flexibility index (Phi) is 8.70. The number of nitrogens with zero attached hydrogens (tertiary/aromatic N) is 1. The molecule has 192 valence electrons. The van der Waals surface area contributed by atoms with Crippen LogP contribution in [0.2, 0.25) is 10.0 Å². The number of halogens is 2. The standard InChI is InChI=1S/C25H25Cl2NO8/c1-4-36-25(33)28-7-5-13(6-8-28)20(14-9-16(23(29)30)21(34-2)18(26)11-14)15-10-17(24(31)32)22(35-3)19(27)12-15/h9-12H,4-8H2,1-3H3,(H,29,30)(H,31,32)/p-2. The summed E-state index contributed by atoms with van der Waals surface area (Å²) in [6.45, 7) is 2.64. The second kappa shape index (κ2) is 11.5. The van der Waals surface area contributed by atoms with Gasteiger partial charge in [-0.1, -0.05) is 28.8 Å². The summed E-state index contributed by atoms with van der Waals surface area (Å²) in [6.07, 6.45) is 0.377. The molecule has 0 atom stereocenters. The van der Waals surface area contributed by atoms with Gasteiger partial charge in [0.2, 0.25) is 0 Å². The van der Waals surface area contributed by atoms with Crippen LogP contribution in [0.3, 0.4) is 0 Å². The van der Waals surface area contributed by atoms with Crippen LogP contribution < -0.4 is 19.7 Å². The second-order valence-electron chi connectivity index (χ2n) is 7.82. The van der Waals surface area contributed by atoms with Crippen LogP contribution in [0.5, 0.6) is 11.5 Å². The normalized spacial score (nSPS) is 13.2. The predicted octanol–water partition coefficient (Wildman–Crippen LogP) is 2.79. The number of carbonyl (C=O) groups is 3. The van der Waals surface area contributed by atoms with E-state index in [9.17, 15) is 24.6 Å². The Morgan fingerprint density at radius 3 is 1.67 bits per heavy atom. The molecule has 1 saturated heterocycles. The number of amides is 1. The smallest absolute Gasteiger partial charge is 0.409 e. The summed E-state index contributed by atoms with van der Waals surface area (Å²) in [7, 11) is 2.57. The summed E-state index contributed by atoms with van der Waals surface area (Å²) >= 11 is 12.7. The quantitative estimate of drug-likeness (QED) is 0.529. The maximum atomic E-state index is 12.2. The largest absolute Gasteiger partial charge is 0.545 e. The van der Waals surface area contributed by atoms with Crippen LogP contribution in [-0.4, -0.2) is 56.8 Å². The zero-order chi connectivity index (χ0) is 26.6. The van der Waals surface area contributed by atoms with Crippen LogP contribution in [0.1, 0.15) is 51.6 Å². The van der Waals surface area contributed by atoms with E-state index in [2.05, 4.69) is 0 Å². The van der Waals surface area contributed by atoms with Crippen molar-refractivity contribution in [1.29, 1.82) is 0 Å². The van der Waals surface area contributed by atoms with E-state index >= 15 is 0 Å². The minimum atomic E-state index is -1.50. The lowest BCUT2D eigenvalue weighted by Crippen LogP contribution is -2.37. The molecule has 0 aromatic heterocycles. The van der Waals surface area contributed by atoms with Crippen molar-refractivity contribution >= 4 is 46.8 Å². The molecule has 3 rings (SSSR count). The van der Waals surface area contributed by atoms with Crippen molar-refractivity contribution in [3.05, 3.63) is 62.1 Å². The monoisotopic (exact) mass is 535 g/mol. The van der Waals surface area contributed by atoms with Crippen LogP contribution in [0, 0.1) is 0 Å². The van der Waals surface area contributed by atoms with E-state index in [1.54, 1.807) is 11.8 Å². The Bertz CT molecular complexity index is 1160. The van der Waals surface area contributed by atoms with E-state index < -0.39 is 18.0 Å². The van der Waals surface area contributed by atoms with Crippen molar-refractivity contribution in [1.82, 2.24) is 4.90 Å². The van der Waals surface area contributed by atoms with Crippen molar-refractivity contribution in [3.8, 4) is 11.5 Å². The summed E-state index contributed by atoms with van der Waals surface area (Å²) in [4.78, 5) is 37.4. The molecule has 0 saturated carbocycles. The number of carboxylic acid groups (broad SMARTS) is 2. The van der Waals surface area contributed by atoms with Crippen LogP contribution in [0.25, 0.3) is 5.57 Å². The second-order valence-corrected chi connectivity index (χ2v) is 8.63.